The molecule has 0 spiro atoms. The van der Waals surface area contributed by atoms with E-state index in [4.69, 9.17) is 14.7 Å². The number of carbonyl (C=O) groups excluding carboxylic acids is 4. The second-order valence-electron chi connectivity index (χ2n) is 19.4. The van der Waals surface area contributed by atoms with E-state index in [-0.39, 0.29) is 24.3 Å². The summed E-state index contributed by atoms with van der Waals surface area (Å²) in [5, 5.41) is 32.4. The molecular weight excluding hydrogens is 997 g/mol. The lowest BCUT2D eigenvalue weighted by molar-refractivity contribution is -0.777. The molecule has 0 aromatic heterocycles. The first-order valence-corrected chi connectivity index (χ1v) is 26.6. The summed E-state index contributed by atoms with van der Waals surface area (Å²) in [5.74, 6) is -1.15. The number of alkyl carbamates (subject to hydrolysis) is 1. The monoisotopic (exact) mass is 1060 g/mol. The highest BCUT2D eigenvalue weighted by atomic mass is 32.2. The van der Waals surface area contributed by atoms with E-state index in [1.165, 1.54) is 0 Å². The van der Waals surface area contributed by atoms with E-state index in [9.17, 15) is 24.4 Å². The van der Waals surface area contributed by atoms with Crippen LogP contribution >= 0.6 is 24.1 Å². The van der Waals surface area contributed by atoms with Crippen molar-refractivity contribution in [3.63, 3.8) is 0 Å². The molecule has 4 aromatic carbocycles. The summed E-state index contributed by atoms with van der Waals surface area (Å²) in [6.45, 7) is 15.8. The maximum atomic E-state index is 13.4. The van der Waals surface area contributed by atoms with Crippen LogP contribution in [0.1, 0.15) is 118 Å². The molecule has 0 unspecified atom stereocenters. The number of nitrogens with one attached hydrogen (secondary N) is 2. The topological polar surface area (TPSA) is 197 Å². The fraction of sp³-hybridized carbons (Fsp3) is 0.386. The van der Waals surface area contributed by atoms with Crippen molar-refractivity contribution < 1.29 is 62.5 Å². The second-order valence-corrected chi connectivity index (χ2v) is 20.9. The molecule has 2 heterocycles. The van der Waals surface area contributed by atoms with Gasteiger partial charge in [0, 0.05) is 70.2 Å². The molecule has 0 saturated carbocycles. The summed E-state index contributed by atoms with van der Waals surface area (Å²) < 4.78 is 22.5. The Morgan fingerprint density at radius 2 is 1.52 bits per heavy atom. The van der Waals surface area contributed by atoms with Gasteiger partial charge in [0.1, 0.15) is 13.2 Å². The Hall–Kier alpha value is -6.09. The number of esters is 1. The zero-order chi connectivity index (χ0) is 54.0. The Morgan fingerprint density at radius 3 is 2.24 bits per heavy atom. The Morgan fingerprint density at radius 1 is 0.800 bits per heavy atom. The van der Waals surface area contributed by atoms with Crippen molar-refractivity contribution in [2.45, 2.75) is 127 Å². The number of nitrogens with zero attached hydrogens (tertiary/aromatic N) is 2. The van der Waals surface area contributed by atoms with Crippen LogP contribution in [-0.2, 0) is 55.2 Å². The van der Waals surface area contributed by atoms with Gasteiger partial charge in [0.15, 0.2) is 18.1 Å². The molecule has 75 heavy (non-hydrogen) atoms. The number of rotatable bonds is 28. The number of allylic oxidation sites excluding steroid dienone is 6. The summed E-state index contributed by atoms with van der Waals surface area (Å²) in [6, 6.07) is 25.6. The van der Waals surface area contributed by atoms with Crippen LogP contribution in [0.4, 0.5) is 16.2 Å². The molecule has 1 atom stereocenters. The minimum Gasteiger partial charge on any atom is -0.691 e. The third-order valence-corrected chi connectivity index (χ3v) is 14.7. The van der Waals surface area contributed by atoms with Crippen molar-refractivity contribution >= 4 is 64.9 Å². The fourth-order valence-corrected chi connectivity index (χ4v) is 10.4. The molecule has 16 nitrogen and oxygen atoms in total. The van der Waals surface area contributed by atoms with Crippen LogP contribution < -0.4 is 20.8 Å². The first kappa shape index (κ1) is 58.2. The van der Waals surface area contributed by atoms with Crippen molar-refractivity contribution in [2.75, 3.05) is 31.1 Å². The van der Waals surface area contributed by atoms with Crippen LogP contribution in [-0.4, -0.2) is 71.6 Å². The molecule has 0 radical (unpaired) electrons. The van der Waals surface area contributed by atoms with Gasteiger partial charge in [-0.05, 0) is 125 Å². The van der Waals surface area contributed by atoms with Crippen molar-refractivity contribution in [2.24, 2.45) is 0 Å². The van der Waals surface area contributed by atoms with Gasteiger partial charge in [-0.1, -0.05) is 85.6 Å². The zero-order valence-corrected chi connectivity index (χ0v) is 45.3. The van der Waals surface area contributed by atoms with Crippen LogP contribution in [0.25, 0.3) is 0 Å². The third-order valence-electron chi connectivity index (χ3n) is 13.5. The van der Waals surface area contributed by atoms with E-state index in [1.807, 2.05) is 66.7 Å². The predicted octanol–water partition coefficient (Wildman–Crippen LogP) is 10.7. The molecule has 0 bridgehead atoms. The number of likely N-dealkylation sites (N-methyl/N-ethyl adjacent to an activating group) is 1. The highest BCUT2D eigenvalue weighted by molar-refractivity contribution is 7.94. The van der Waals surface area contributed by atoms with Crippen molar-refractivity contribution in [3.8, 4) is 0 Å². The maximum Gasteiger partial charge on any atom is 0.408 e. The number of hydrogen-bond acceptors (Lipinski definition) is 15. The average Bonchev–Trinajstić information content (AvgIpc) is 3.77. The van der Waals surface area contributed by atoms with E-state index < -0.39 is 35.9 Å². The van der Waals surface area contributed by atoms with Crippen molar-refractivity contribution in [3.05, 3.63) is 154 Å². The largest absolute Gasteiger partial charge is 0.691 e. The first-order valence-electron chi connectivity index (χ1n) is 25.2. The lowest BCUT2D eigenvalue weighted by Crippen LogP contribution is -2.43. The van der Waals surface area contributed by atoms with Gasteiger partial charge in [-0.25, -0.2) is 14.8 Å². The molecule has 18 heteroatoms. The van der Waals surface area contributed by atoms with Gasteiger partial charge in [0.2, 0.25) is 11.6 Å². The molecule has 4 aromatic rings. The number of Topliss-reactive ketones (excluding diaryl/α,β-unsaturated/α-hetero) is 1. The van der Waals surface area contributed by atoms with Gasteiger partial charge in [0.05, 0.1) is 41.1 Å². The molecule has 2 amide bonds. The number of aryl methyl sites for hydroxylation is 2. The standard InChI is InChI=1S/C57H68N4O12S2/c1-8-60-47-31-29-42(74-72-70-66)35-44(47)56(4,5)50(60)26-14-10-15-27-51-57(6,7)45-36-43(75-73-71-67)30-32-48(45)61(51)34-19-11-16-28-52(63)58-33-18-17-25-46(59-55(65)69-37-41-23-12-9-13-24-41)49(62)38-68-54(64)53-39(2)21-20-22-40(53)3/h9-10,12-15,20-24,26-27,29-32,35-36,46H,8,11,16-19,25,28,33-34,37-38H2,1-7H3,(H3-,58,59,63,65,66,67)/t46-/m0/s1. The van der Waals surface area contributed by atoms with E-state index in [2.05, 4.69) is 110 Å². The van der Waals surface area contributed by atoms with E-state index >= 15 is 0 Å². The number of anilines is 1. The summed E-state index contributed by atoms with van der Waals surface area (Å²) in [5.41, 5.74) is 8.59. The second kappa shape index (κ2) is 28.2. The van der Waals surface area contributed by atoms with Gasteiger partial charge in [-0.15, -0.1) is 4.33 Å². The summed E-state index contributed by atoms with van der Waals surface area (Å²) in [4.78, 5) is 56.0. The van der Waals surface area contributed by atoms with Gasteiger partial charge in [-0.3, -0.25) is 14.6 Å². The normalized spacial score (nSPS) is 15.4. The Labute approximate surface area is 448 Å². The van der Waals surface area contributed by atoms with Crippen molar-refractivity contribution in [1.29, 1.82) is 0 Å². The molecule has 0 aliphatic carbocycles. The number of fused-ring (bicyclic) bond motifs is 2. The minimum absolute atomic E-state index is 0.0242. The Bertz CT molecular complexity index is 2740. The van der Waals surface area contributed by atoms with Gasteiger partial charge in [-0.2, -0.15) is 8.91 Å². The predicted molar refractivity (Wildman–Crippen MR) is 287 cm³/mol. The SMILES string of the molecule is CCN1/C(=C/C=C/C=C/C2=[N+](CCCCCC(=O)NCCCC[C@H](NC(=O)OCc3ccccc3)C(=O)COC(=O)c3c(C)cccc3C)c3ccc(SOO[O-])cc3C2(C)C)C(C)(C)c2cc(SOOO)ccc21. The summed E-state index contributed by atoms with van der Waals surface area (Å²) in [7, 11) is 0. The number of hydrogen-bond donors (Lipinski definition) is 3. The highest BCUT2D eigenvalue weighted by Crippen LogP contribution is 2.49. The lowest BCUT2D eigenvalue weighted by Gasteiger charge is -2.25. The molecule has 0 saturated heterocycles. The average molecular weight is 1070 g/mol. The molecule has 2 aliphatic heterocycles. The minimum atomic E-state index is -0.967. The van der Waals surface area contributed by atoms with Crippen LogP contribution in [0.2, 0.25) is 0 Å². The van der Waals surface area contributed by atoms with Crippen LogP contribution in [0.5, 0.6) is 0 Å². The first-order chi connectivity index (χ1) is 36.1. The summed E-state index contributed by atoms with van der Waals surface area (Å²) >= 11 is 1.80. The number of carbonyl (C=O) groups is 4. The molecule has 0 fully saturated rings. The molecule has 400 valence electrons. The molecule has 3 N–H and O–H groups in total. The lowest BCUT2D eigenvalue weighted by atomic mass is 9.81. The van der Waals surface area contributed by atoms with Gasteiger partial charge in [0.25, 0.3) is 0 Å². The Kier molecular flexibility index (Phi) is 21.8. The van der Waals surface area contributed by atoms with Crippen molar-refractivity contribution in [1.82, 2.24) is 10.6 Å². The summed E-state index contributed by atoms with van der Waals surface area (Å²) in [6.07, 6.45) is 13.6. The quantitative estimate of drug-likeness (QED) is 0.00923. The number of unbranched alkanes of at least 4 members (excludes halogenated alkanes) is 3. The Balaban J connectivity index is 1.02. The fourth-order valence-electron chi connectivity index (χ4n) is 9.65. The molecule has 2 aliphatic rings. The van der Waals surface area contributed by atoms with Crippen LogP contribution in [0, 0.1) is 13.8 Å². The molecule has 6 rings (SSSR count). The van der Waals surface area contributed by atoms with Gasteiger partial charge < -0.3 is 30.3 Å². The van der Waals surface area contributed by atoms with Crippen LogP contribution in [0.3, 0.4) is 0 Å². The van der Waals surface area contributed by atoms with Crippen LogP contribution in [0.15, 0.2) is 131 Å². The van der Waals surface area contributed by atoms with E-state index in [0.29, 0.717) is 44.3 Å². The van der Waals surface area contributed by atoms with Gasteiger partial charge >= 0.3 is 12.1 Å². The number of ether oxygens (including phenoxy) is 2. The molecular formula is C57H68N4O12S2. The van der Waals surface area contributed by atoms with E-state index in [1.54, 1.807) is 26.0 Å². The van der Waals surface area contributed by atoms with E-state index in [0.717, 1.165) is 104 Å². The number of amides is 2. The highest BCUT2D eigenvalue weighted by Gasteiger charge is 2.44. The number of benzene rings is 4. The number of ketones is 1. The third kappa shape index (κ3) is 15.5. The smallest absolute Gasteiger partial charge is 0.408 e. The zero-order valence-electron chi connectivity index (χ0n) is 43.7. The maximum absolute atomic E-state index is 13.4.